The second-order valence-electron chi connectivity index (χ2n) is 7.33. The van der Waals surface area contributed by atoms with E-state index in [1.54, 1.807) is 6.92 Å². The van der Waals surface area contributed by atoms with E-state index in [0.29, 0.717) is 0 Å². The number of carboxylic acids is 1. The van der Waals surface area contributed by atoms with Crippen molar-refractivity contribution >= 4 is 11.8 Å². The lowest BCUT2D eigenvalue weighted by Gasteiger charge is -2.32. The van der Waals surface area contributed by atoms with Gasteiger partial charge < -0.3 is 10.2 Å². The molecule has 0 aromatic rings. The molecule has 0 aromatic heterocycles. The summed E-state index contributed by atoms with van der Waals surface area (Å²) < 4.78 is 0. The molecule has 0 aromatic carbocycles. The third-order valence-corrected chi connectivity index (χ3v) is 5.25. The zero-order chi connectivity index (χ0) is 17.1. The first-order valence-electron chi connectivity index (χ1n) is 9.37. The Balaban J connectivity index is 2.16. The third kappa shape index (κ3) is 9.09. The Labute approximate surface area is 140 Å². The van der Waals surface area contributed by atoms with Gasteiger partial charge in [-0.1, -0.05) is 38.5 Å². The van der Waals surface area contributed by atoms with E-state index in [-0.39, 0.29) is 18.1 Å². The summed E-state index contributed by atoms with van der Waals surface area (Å²) >= 11 is 0. The summed E-state index contributed by atoms with van der Waals surface area (Å²) in [5, 5.41) is 19.1. The van der Waals surface area contributed by atoms with E-state index < -0.39 is 11.6 Å². The zero-order valence-corrected chi connectivity index (χ0v) is 14.7. The Morgan fingerprint density at radius 2 is 1.57 bits per heavy atom. The molecule has 0 saturated heterocycles. The fraction of sp³-hybridized carbons (Fsp3) is 0.895. The second-order valence-corrected chi connectivity index (χ2v) is 7.33. The van der Waals surface area contributed by atoms with Gasteiger partial charge in [-0.25, -0.2) is 0 Å². The smallest absolute Gasteiger partial charge is 0.303 e. The summed E-state index contributed by atoms with van der Waals surface area (Å²) in [5.74, 6) is -0.361. The molecule has 1 aliphatic rings. The zero-order valence-electron chi connectivity index (χ0n) is 14.7. The summed E-state index contributed by atoms with van der Waals surface area (Å²) in [5.41, 5.74) is -0.476. The molecule has 0 heterocycles. The van der Waals surface area contributed by atoms with Gasteiger partial charge in [0.15, 0.2) is 0 Å². The Hall–Kier alpha value is -0.900. The number of Topliss-reactive ketones (excluding diaryl/α,β-unsaturated/α-hetero) is 1. The Morgan fingerprint density at radius 1 is 0.957 bits per heavy atom. The highest BCUT2D eigenvalue weighted by Gasteiger charge is 2.28. The third-order valence-electron chi connectivity index (χ3n) is 5.25. The molecule has 23 heavy (non-hydrogen) atoms. The average Bonchev–Trinajstić information content (AvgIpc) is 2.49. The van der Waals surface area contributed by atoms with E-state index in [0.717, 1.165) is 77.0 Å². The molecule has 0 bridgehead atoms. The first-order chi connectivity index (χ1) is 10.9. The molecular weight excluding hydrogens is 292 g/mol. The minimum atomic E-state index is -0.729. The van der Waals surface area contributed by atoms with Gasteiger partial charge in [0, 0.05) is 12.3 Å². The number of unbranched alkanes of at least 4 members (excludes halogenated alkanes) is 3. The van der Waals surface area contributed by atoms with Crippen LogP contribution in [0.2, 0.25) is 0 Å². The van der Waals surface area contributed by atoms with Gasteiger partial charge in [0.05, 0.1) is 5.60 Å². The van der Waals surface area contributed by atoms with Gasteiger partial charge in [0.2, 0.25) is 0 Å². The van der Waals surface area contributed by atoms with E-state index >= 15 is 0 Å². The quantitative estimate of drug-likeness (QED) is 0.518. The minimum Gasteiger partial charge on any atom is -0.481 e. The van der Waals surface area contributed by atoms with Crippen LogP contribution < -0.4 is 0 Å². The summed E-state index contributed by atoms with van der Waals surface area (Å²) in [6.07, 6.45) is 12.8. The predicted octanol–water partition coefficient (Wildman–Crippen LogP) is 4.48. The Kier molecular flexibility index (Phi) is 9.46. The van der Waals surface area contributed by atoms with E-state index in [1.165, 1.54) is 6.42 Å². The molecule has 1 saturated carbocycles. The number of hydrogen-bond acceptors (Lipinski definition) is 3. The number of ketones is 1. The number of carbonyl (C=O) groups excluding carboxylic acids is 1. The Bertz CT molecular complexity index is 358. The molecule has 134 valence electrons. The molecule has 1 unspecified atom stereocenters. The average molecular weight is 326 g/mol. The van der Waals surface area contributed by atoms with Gasteiger partial charge in [-0.3, -0.25) is 9.59 Å². The molecule has 1 atom stereocenters. The van der Waals surface area contributed by atoms with Crippen LogP contribution >= 0.6 is 0 Å². The van der Waals surface area contributed by atoms with Crippen LogP contribution in [0.3, 0.4) is 0 Å². The van der Waals surface area contributed by atoms with E-state index in [2.05, 4.69) is 0 Å². The van der Waals surface area contributed by atoms with Crippen molar-refractivity contribution < 1.29 is 19.8 Å². The monoisotopic (exact) mass is 326 g/mol. The highest BCUT2D eigenvalue weighted by atomic mass is 16.4. The molecule has 1 fully saturated rings. The number of aliphatic carboxylic acids is 1. The van der Waals surface area contributed by atoms with Gasteiger partial charge in [-0.2, -0.15) is 0 Å². The predicted molar refractivity (Wildman–Crippen MR) is 91.4 cm³/mol. The van der Waals surface area contributed by atoms with Crippen LogP contribution in [0.4, 0.5) is 0 Å². The molecule has 0 amide bonds. The second kappa shape index (κ2) is 10.8. The number of hydrogen-bond donors (Lipinski definition) is 2. The molecule has 0 aliphatic heterocycles. The van der Waals surface area contributed by atoms with Gasteiger partial charge in [0.25, 0.3) is 0 Å². The first kappa shape index (κ1) is 20.1. The van der Waals surface area contributed by atoms with Crippen molar-refractivity contribution in [3.63, 3.8) is 0 Å². The Morgan fingerprint density at radius 3 is 2.17 bits per heavy atom. The van der Waals surface area contributed by atoms with E-state index in [9.17, 15) is 14.7 Å². The van der Waals surface area contributed by atoms with Gasteiger partial charge in [0.1, 0.15) is 5.78 Å². The number of carboxylic acid groups (broad SMARTS) is 1. The van der Waals surface area contributed by atoms with Crippen LogP contribution in [-0.2, 0) is 9.59 Å². The standard InChI is InChI=1S/C19H34O4/c1-16(20)17(10-5-2-3-6-12-18(21)22)11-9-15-19(23)13-7-4-8-14-19/h17,23H,2-15H2,1H3,(H,21,22). The van der Waals surface area contributed by atoms with Crippen molar-refractivity contribution in [3.05, 3.63) is 0 Å². The lowest BCUT2D eigenvalue weighted by Crippen LogP contribution is -2.31. The summed E-state index contributed by atoms with van der Waals surface area (Å²) in [7, 11) is 0. The highest BCUT2D eigenvalue weighted by Crippen LogP contribution is 2.33. The fourth-order valence-corrected chi connectivity index (χ4v) is 3.71. The minimum absolute atomic E-state index is 0.113. The van der Waals surface area contributed by atoms with Crippen LogP contribution in [0, 0.1) is 5.92 Å². The van der Waals surface area contributed by atoms with Crippen molar-refractivity contribution in [1.29, 1.82) is 0 Å². The van der Waals surface area contributed by atoms with Crippen LogP contribution in [-0.4, -0.2) is 27.6 Å². The lowest BCUT2D eigenvalue weighted by molar-refractivity contribution is -0.137. The first-order valence-corrected chi connectivity index (χ1v) is 9.37. The van der Waals surface area contributed by atoms with E-state index in [1.807, 2.05) is 0 Å². The highest BCUT2D eigenvalue weighted by molar-refractivity contribution is 5.78. The van der Waals surface area contributed by atoms with Gasteiger partial charge in [-0.05, 0) is 51.9 Å². The summed E-state index contributed by atoms with van der Waals surface area (Å²) in [4.78, 5) is 22.2. The van der Waals surface area contributed by atoms with Crippen molar-refractivity contribution in [1.82, 2.24) is 0 Å². The summed E-state index contributed by atoms with van der Waals surface area (Å²) in [6.45, 7) is 1.67. The molecule has 4 nitrogen and oxygen atoms in total. The van der Waals surface area contributed by atoms with Crippen molar-refractivity contribution in [2.24, 2.45) is 5.92 Å². The van der Waals surface area contributed by atoms with Gasteiger partial charge >= 0.3 is 5.97 Å². The lowest BCUT2D eigenvalue weighted by atomic mass is 9.80. The molecule has 0 radical (unpaired) electrons. The SMILES string of the molecule is CC(=O)C(CCCCCCC(=O)O)CCCC1(O)CCCCC1. The van der Waals surface area contributed by atoms with Crippen molar-refractivity contribution in [3.8, 4) is 0 Å². The molecule has 1 aliphatic carbocycles. The van der Waals surface area contributed by atoms with Crippen LogP contribution in [0.25, 0.3) is 0 Å². The maximum Gasteiger partial charge on any atom is 0.303 e. The van der Waals surface area contributed by atoms with Gasteiger partial charge in [-0.15, -0.1) is 0 Å². The number of rotatable bonds is 12. The molecular formula is C19H34O4. The molecule has 2 N–H and O–H groups in total. The van der Waals surface area contributed by atoms with Crippen LogP contribution in [0.15, 0.2) is 0 Å². The van der Waals surface area contributed by atoms with E-state index in [4.69, 9.17) is 5.11 Å². The molecule has 4 heteroatoms. The normalized spacial score (nSPS) is 18.5. The maximum absolute atomic E-state index is 11.8. The number of aliphatic hydroxyl groups is 1. The van der Waals surface area contributed by atoms with Crippen molar-refractivity contribution in [2.45, 2.75) is 102 Å². The van der Waals surface area contributed by atoms with Crippen molar-refractivity contribution in [2.75, 3.05) is 0 Å². The number of carbonyl (C=O) groups is 2. The molecule has 1 rings (SSSR count). The summed E-state index contributed by atoms with van der Waals surface area (Å²) in [6, 6.07) is 0. The van der Waals surface area contributed by atoms with Crippen LogP contribution in [0.5, 0.6) is 0 Å². The largest absolute Gasteiger partial charge is 0.481 e. The topological polar surface area (TPSA) is 74.6 Å². The fourth-order valence-electron chi connectivity index (χ4n) is 3.71. The van der Waals surface area contributed by atoms with Crippen LogP contribution in [0.1, 0.15) is 96.8 Å². The molecule has 0 spiro atoms. The maximum atomic E-state index is 11.8.